The number of hydrogen-bond acceptors (Lipinski definition) is 5. The van der Waals surface area contributed by atoms with Gasteiger partial charge in [0.05, 0.1) is 32.0 Å². The molecule has 1 aliphatic rings. The van der Waals surface area contributed by atoms with Crippen molar-refractivity contribution in [1.29, 1.82) is 0 Å². The van der Waals surface area contributed by atoms with Gasteiger partial charge in [-0.25, -0.2) is 0 Å². The van der Waals surface area contributed by atoms with Crippen LogP contribution in [0.15, 0.2) is 24.3 Å². The Morgan fingerprint density at radius 1 is 1.28 bits per heavy atom. The topological polar surface area (TPSA) is 52.4 Å². The van der Waals surface area contributed by atoms with Gasteiger partial charge in [-0.3, -0.25) is 4.90 Å². The lowest BCUT2D eigenvalue weighted by Gasteiger charge is -2.32. The third-order valence-electron chi connectivity index (χ3n) is 4.27. The molecule has 0 N–H and O–H groups in total. The Bertz CT molecular complexity index is 687. The summed E-state index contributed by atoms with van der Waals surface area (Å²) < 4.78 is 13.5. The van der Waals surface area contributed by atoms with E-state index in [0.717, 1.165) is 36.8 Å². The Balaban J connectivity index is 1.64. The van der Waals surface area contributed by atoms with Gasteiger partial charge in [0.1, 0.15) is 5.82 Å². The molecule has 2 heterocycles. The van der Waals surface area contributed by atoms with Gasteiger partial charge in [-0.15, -0.1) is 10.2 Å². The molecule has 1 fully saturated rings. The molecule has 0 bridgehead atoms. The molecule has 1 aromatic heterocycles. The van der Waals surface area contributed by atoms with Crippen LogP contribution in [0.3, 0.4) is 0 Å². The second-order valence-corrected chi connectivity index (χ2v) is 7.05. The Labute approximate surface area is 153 Å². The average molecular weight is 365 g/mol. The number of rotatable bonds is 6. The van der Waals surface area contributed by atoms with E-state index in [1.807, 2.05) is 49.7 Å². The van der Waals surface area contributed by atoms with Crippen LogP contribution in [-0.4, -0.2) is 58.2 Å². The lowest BCUT2D eigenvalue weighted by atomic mass is 10.2. The molecule has 6 nitrogen and oxygen atoms in total. The van der Waals surface area contributed by atoms with Gasteiger partial charge < -0.3 is 14.0 Å². The molecule has 0 aliphatic carbocycles. The van der Waals surface area contributed by atoms with E-state index in [4.69, 9.17) is 21.1 Å². The molecular weight excluding hydrogens is 340 g/mol. The molecule has 1 saturated heterocycles. The van der Waals surface area contributed by atoms with E-state index in [0.29, 0.717) is 18.2 Å². The zero-order valence-electron chi connectivity index (χ0n) is 15.0. The quantitative estimate of drug-likeness (QED) is 0.788. The van der Waals surface area contributed by atoms with Crippen LogP contribution in [0, 0.1) is 0 Å². The number of morpholine rings is 1. The minimum absolute atomic E-state index is 0.111. The Kier molecular flexibility index (Phi) is 6.06. The minimum atomic E-state index is 0.111. The van der Waals surface area contributed by atoms with E-state index in [2.05, 4.69) is 15.1 Å². The van der Waals surface area contributed by atoms with Crippen molar-refractivity contribution < 1.29 is 9.47 Å². The zero-order valence-corrected chi connectivity index (χ0v) is 15.7. The summed E-state index contributed by atoms with van der Waals surface area (Å²) in [4.78, 5) is 2.34. The van der Waals surface area contributed by atoms with E-state index in [1.54, 1.807) is 0 Å². The first-order valence-corrected chi connectivity index (χ1v) is 9.00. The van der Waals surface area contributed by atoms with E-state index >= 15 is 0 Å². The maximum absolute atomic E-state index is 5.96. The number of halogens is 1. The van der Waals surface area contributed by atoms with Crippen molar-refractivity contribution in [3.05, 3.63) is 35.1 Å². The van der Waals surface area contributed by atoms with Crippen LogP contribution in [0.5, 0.6) is 0 Å². The molecule has 7 heteroatoms. The molecule has 1 atom stereocenters. The Hall–Kier alpha value is -1.47. The zero-order chi connectivity index (χ0) is 17.8. The van der Waals surface area contributed by atoms with Crippen molar-refractivity contribution in [2.24, 2.45) is 7.05 Å². The van der Waals surface area contributed by atoms with Gasteiger partial charge in [-0.2, -0.15) is 0 Å². The molecule has 1 aliphatic heterocycles. The molecule has 0 spiro atoms. The summed E-state index contributed by atoms with van der Waals surface area (Å²) in [6, 6.07) is 7.66. The first-order valence-electron chi connectivity index (χ1n) is 8.62. The molecular formula is C18H25ClN4O2. The van der Waals surface area contributed by atoms with Crippen molar-refractivity contribution in [1.82, 2.24) is 19.7 Å². The van der Waals surface area contributed by atoms with Gasteiger partial charge >= 0.3 is 0 Å². The lowest BCUT2D eigenvalue weighted by Crippen LogP contribution is -2.44. The third-order valence-corrected chi connectivity index (χ3v) is 4.52. The van der Waals surface area contributed by atoms with E-state index < -0.39 is 0 Å². The molecule has 0 saturated carbocycles. The van der Waals surface area contributed by atoms with Gasteiger partial charge in [-0.1, -0.05) is 11.6 Å². The fourth-order valence-electron chi connectivity index (χ4n) is 2.87. The van der Waals surface area contributed by atoms with Gasteiger partial charge in [0.2, 0.25) is 0 Å². The van der Waals surface area contributed by atoms with Crippen LogP contribution >= 0.6 is 11.6 Å². The number of ether oxygens (including phenoxy) is 2. The predicted molar refractivity (Wildman–Crippen MR) is 97.6 cm³/mol. The number of nitrogens with zero attached hydrogens (tertiary/aromatic N) is 4. The van der Waals surface area contributed by atoms with Crippen molar-refractivity contribution in [2.75, 3.05) is 26.3 Å². The summed E-state index contributed by atoms with van der Waals surface area (Å²) in [5, 5.41) is 9.44. The predicted octanol–water partition coefficient (Wildman–Crippen LogP) is 2.76. The fourth-order valence-corrected chi connectivity index (χ4v) is 3.00. The second kappa shape index (κ2) is 8.27. The smallest absolute Gasteiger partial charge is 0.163 e. The monoisotopic (exact) mass is 364 g/mol. The maximum atomic E-state index is 5.96. The summed E-state index contributed by atoms with van der Waals surface area (Å²) in [5.41, 5.74) is 1.01. The van der Waals surface area contributed by atoms with Gasteiger partial charge in [0.15, 0.2) is 5.82 Å². The molecule has 0 amide bonds. The van der Waals surface area contributed by atoms with Crippen LogP contribution in [0.4, 0.5) is 0 Å². The molecule has 136 valence electrons. The van der Waals surface area contributed by atoms with E-state index in [-0.39, 0.29) is 12.2 Å². The Morgan fingerprint density at radius 3 is 2.76 bits per heavy atom. The van der Waals surface area contributed by atoms with Crippen LogP contribution in [-0.2, 0) is 23.1 Å². The summed E-state index contributed by atoms with van der Waals surface area (Å²) in [6.45, 7) is 7.91. The van der Waals surface area contributed by atoms with E-state index in [1.165, 1.54) is 0 Å². The average Bonchev–Trinajstić information content (AvgIpc) is 2.95. The van der Waals surface area contributed by atoms with Crippen molar-refractivity contribution in [3.8, 4) is 11.4 Å². The molecule has 3 rings (SSSR count). The molecule has 25 heavy (non-hydrogen) atoms. The van der Waals surface area contributed by atoms with Crippen LogP contribution in [0.25, 0.3) is 11.4 Å². The molecule has 0 radical (unpaired) electrons. The SMILES string of the molecule is CC(C)OCC1CN(Cc2nnc(-c3ccc(Cl)cc3)n2C)CCO1. The van der Waals surface area contributed by atoms with Crippen molar-refractivity contribution in [2.45, 2.75) is 32.6 Å². The first-order chi connectivity index (χ1) is 12.0. The minimum Gasteiger partial charge on any atom is -0.376 e. The van der Waals surface area contributed by atoms with Gasteiger partial charge in [0.25, 0.3) is 0 Å². The summed E-state index contributed by atoms with van der Waals surface area (Å²) >= 11 is 5.96. The number of benzene rings is 1. The second-order valence-electron chi connectivity index (χ2n) is 6.62. The normalized spacial score (nSPS) is 18.8. The highest BCUT2D eigenvalue weighted by atomic mass is 35.5. The molecule has 1 unspecified atom stereocenters. The lowest BCUT2D eigenvalue weighted by molar-refractivity contribution is -0.0819. The van der Waals surface area contributed by atoms with Gasteiger partial charge in [-0.05, 0) is 38.1 Å². The Morgan fingerprint density at radius 2 is 2.04 bits per heavy atom. The largest absolute Gasteiger partial charge is 0.376 e. The summed E-state index contributed by atoms with van der Waals surface area (Å²) in [7, 11) is 2.00. The first kappa shape index (κ1) is 18.3. The highest BCUT2D eigenvalue weighted by Gasteiger charge is 2.23. The number of hydrogen-bond donors (Lipinski definition) is 0. The van der Waals surface area contributed by atoms with Crippen molar-refractivity contribution in [3.63, 3.8) is 0 Å². The van der Waals surface area contributed by atoms with Crippen LogP contribution in [0.1, 0.15) is 19.7 Å². The summed E-state index contributed by atoms with van der Waals surface area (Å²) in [5.74, 6) is 1.79. The van der Waals surface area contributed by atoms with Crippen LogP contribution in [0.2, 0.25) is 5.02 Å². The highest BCUT2D eigenvalue weighted by Crippen LogP contribution is 2.20. The standard InChI is InChI=1S/C18H25ClN4O2/c1-13(2)25-12-16-10-23(8-9-24-16)11-17-20-21-18(22(17)3)14-4-6-15(19)7-5-14/h4-7,13,16H,8-12H2,1-3H3. The molecule has 2 aromatic rings. The van der Waals surface area contributed by atoms with E-state index in [9.17, 15) is 0 Å². The van der Waals surface area contributed by atoms with Crippen LogP contribution < -0.4 is 0 Å². The summed E-state index contributed by atoms with van der Waals surface area (Å²) in [6.07, 6.45) is 0.333. The van der Waals surface area contributed by atoms with Crippen molar-refractivity contribution >= 4 is 11.6 Å². The third kappa shape index (κ3) is 4.79. The maximum Gasteiger partial charge on any atom is 0.163 e. The highest BCUT2D eigenvalue weighted by molar-refractivity contribution is 6.30. The number of aromatic nitrogens is 3. The van der Waals surface area contributed by atoms with Gasteiger partial charge in [0, 0.05) is 30.7 Å². The fraction of sp³-hybridized carbons (Fsp3) is 0.556. The molecule has 1 aromatic carbocycles.